The summed E-state index contributed by atoms with van der Waals surface area (Å²) in [5.41, 5.74) is 8.40. The van der Waals surface area contributed by atoms with Gasteiger partial charge in [-0.1, -0.05) is 22.7 Å². The number of nitrogens with zero attached hydrogens (tertiary/aromatic N) is 3. The summed E-state index contributed by atoms with van der Waals surface area (Å²) in [6.07, 6.45) is 1.89. The Balaban J connectivity index is 1.88. The van der Waals surface area contributed by atoms with Gasteiger partial charge in [-0.05, 0) is 24.5 Å². The number of aryl methyl sites for hydroxylation is 1. The van der Waals surface area contributed by atoms with Crippen LogP contribution in [0, 0.1) is 0 Å². The van der Waals surface area contributed by atoms with Gasteiger partial charge in [0.15, 0.2) is 0 Å². The largest absolute Gasteiger partial charge is 0.388 e. The molecule has 0 aliphatic carbocycles. The minimum atomic E-state index is 0.0560. The highest BCUT2D eigenvalue weighted by Gasteiger charge is 2.23. The van der Waals surface area contributed by atoms with Crippen molar-refractivity contribution < 1.29 is 4.79 Å². The van der Waals surface area contributed by atoms with E-state index in [1.165, 1.54) is 0 Å². The number of nitrogens with two attached hydrogens (primary N) is 1. The number of benzene rings is 1. The van der Waals surface area contributed by atoms with Gasteiger partial charge in [-0.15, -0.1) is 5.10 Å². The average molecular weight is 274 g/mol. The summed E-state index contributed by atoms with van der Waals surface area (Å²) < 4.78 is 3.81. The van der Waals surface area contributed by atoms with Gasteiger partial charge in [-0.25, -0.2) is 0 Å². The van der Waals surface area contributed by atoms with E-state index in [9.17, 15) is 4.79 Å². The average Bonchev–Trinajstić information content (AvgIpc) is 2.75. The fourth-order valence-electron chi connectivity index (χ4n) is 2.34. The fourth-order valence-corrected chi connectivity index (χ4v) is 2.77. The van der Waals surface area contributed by atoms with Crippen LogP contribution in [-0.4, -0.2) is 26.9 Å². The molecule has 6 heteroatoms. The van der Waals surface area contributed by atoms with E-state index in [-0.39, 0.29) is 5.91 Å². The fraction of sp³-hybridized carbons (Fsp3) is 0.308. The molecule has 0 unspecified atom stereocenters. The summed E-state index contributed by atoms with van der Waals surface area (Å²) in [5, 5.41) is 4.57. The predicted octanol–water partition coefficient (Wildman–Crippen LogP) is 1.71. The number of amides is 1. The highest BCUT2D eigenvalue weighted by Crippen LogP contribution is 2.21. The minimum absolute atomic E-state index is 0.0560. The van der Waals surface area contributed by atoms with Crippen LogP contribution in [0.4, 0.5) is 5.00 Å². The molecule has 1 amide bonds. The zero-order valence-electron chi connectivity index (χ0n) is 10.4. The maximum atomic E-state index is 12.5. The molecule has 3 rings (SSSR count). The molecule has 0 saturated heterocycles. The third-order valence-electron chi connectivity index (χ3n) is 3.33. The third kappa shape index (κ3) is 2.31. The molecule has 1 aliphatic heterocycles. The Bertz CT molecular complexity index is 610. The van der Waals surface area contributed by atoms with E-state index in [0.29, 0.717) is 17.2 Å². The molecule has 19 heavy (non-hydrogen) atoms. The molecule has 1 aliphatic rings. The summed E-state index contributed by atoms with van der Waals surface area (Å²) >= 11 is 1.16. The third-order valence-corrected chi connectivity index (χ3v) is 3.93. The number of carbonyl (C=O) groups excluding carboxylic acids is 1. The number of aromatic nitrogens is 2. The van der Waals surface area contributed by atoms with Crippen molar-refractivity contribution in [2.45, 2.75) is 19.4 Å². The van der Waals surface area contributed by atoms with E-state index < -0.39 is 0 Å². The van der Waals surface area contributed by atoms with Crippen molar-refractivity contribution in [3.8, 4) is 0 Å². The molecular formula is C13H14N4OS. The van der Waals surface area contributed by atoms with Crippen LogP contribution in [-0.2, 0) is 13.0 Å². The lowest BCUT2D eigenvalue weighted by molar-refractivity contribution is 0.0747. The first-order valence-corrected chi connectivity index (χ1v) is 6.97. The standard InChI is InChI=1S/C13H14N4OS/c14-12-11(15-16-19-12)8-17-7-3-5-9-4-1-2-6-10(9)13(17)18/h1-2,4,6H,3,5,7-8,14H2. The normalized spacial score (nSPS) is 15.2. The van der Waals surface area contributed by atoms with Gasteiger partial charge in [-0.2, -0.15) is 0 Å². The Kier molecular flexibility index (Phi) is 3.16. The molecule has 0 radical (unpaired) electrons. The second-order valence-electron chi connectivity index (χ2n) is 4.57. The number of nitrogen functional groups attached to an aromatic ring is 1. The van der Waals surface area contributed by atoms with Crippen LogP contribution in [0.25, 0.3) is 0 Å². The van der Waals surface area contributed by atoms with Crippen LogP contribution >= 0.6 is 11.5 Å². The topological polar surface area (TPSA) is 72.1 Å². The first-order valence-electron chi connectivity index (χ1n) is 6.19. The van der Waals surface area contributed by atoms with Crippen LogP contribution in [0.15, 0.2) is 24.3 Å². The van der Waals surface area contributed by atoms with Gasteiger partial charge in [0.05, 0.1) is 6.54 Å². The van der Waals surface area contributed by atoms with Gasteiger partial charge in [-0.3, -0.25) is 4.79 Å². The number of rotatable bonds is 2. The first-order chi connectivity index (χ1) is 9.25. The summed E-state index contributed by atoms with van der Waals surface area (Å²) in [7, 11) is 0. The van der Waals surface area contributed by atoms with Crippen molar-refractivity contribution in [2.24, 2.45) is 0 Å². The Morgan fingerprint density at radius 2 is 2.21 bits per heavy atom. The molecule has 0 fully saturated rings. The Morgan fingerprint density at radius 1 is 1.37 bits per heavy atom. The number of hydrogen-bond acceptors (Lipinski definition) is 5. The number of hydrogen-bond donors (Lipinski definition) is 1. The molecule has 0 atom stereocenters. The zero-order valence-corrected chi connectivity index (χ0v) is 11.2. The number of anilines is 1. The van der Waals surface area contributed by atoms with E-state index in [1.54, 1.807) is 4.90 Å². The molecule has 2 heterocycles. The van der Waals surface area contributed by atoms with Gasteiger partial charge in [0.1, 0.15) is 10.7 Å². The van der Waals surface area contributed by atoms with Gasteiger partial charge >= 0.3 is 0 Å². The summed E-state index contributed by atoms with van der Waals surface area (Å²) in [6.45, 7) is 1.17. The Hall–Kier alpha value is -1.95. The molecule has 2 N–H and O–H groups in total. The lowest BCUT2D eigenvalue weighted by Gasteiger charge is -2.19. The van der Waals surface area contributed by atoms with E-state index in [2.05, 4.69) is 9.59 Å². The maximum Gasteiger partial charge on any atom is 0.254 e. The Labute approximate surface area is 115 Å². The van der Waals surface area contributed by atoms with E-state index >= 15 is 0 Å². The van der Waals surface area contributed by atoms with E-state index in [1.807, 2.05) is 24.3 Å². The maximum absolute atomic E-state index is 12.5. The molecule has 2 aromatic rings. The molecule has 98 valence electrons. The van der Waals surface area contributed by atoms with E-state index in [4.69, 9.17) is 5.73 Å². The van der Waals surface area contributed by atoms with Crippen LogP contribution in [0.1, 0.15) is 28.0 Å². The van der Waals surface area contributed by atoms with Crippen molar-refractivity contribution >= 4 is 22.4 Å². The van der Waals surface area contributed by atoms with Crippen molar-refractivity contribution in [3.63, 3.8) is 0 Å². The lowest BCUT2D eigenvalue weighted by atomic mass is 10.0. The van der Waals surface area contributed by atoms with Crippen molar-refractivity contribution in [2.75, 3.05) is 12.3 Å². The summed E-state index contributed by atoms with van der Waals surface area (Å²) in [4.78, 5) is 14.3. The molecule has 1 aromatic carbocycles. The highest BCUT2D eigenvalue weighted by atomic mass is 32.1. The van der Waals surface area contributed by atoms with E-state index in [0.717, 1.165) is 42.0 Å². The van der Waals surface area contributed by atoms with Gasteiger partial charge < -0.3 is 10.6 Å². The molecule has 0 bridgehead atoms. The second-order valence-corrected chi connectivity index (χ2v) is 5.36. The van der Waals surface area contributed by atoms with Gasteiger partial charge in [0, 0.05) is 23.6 Å². The molecular weight excluding hydrogens is 260 g/mol. The van der Waals surface area contributed by atoms with Crippen LogP contribution in [0.3, 0.4) is 0 Å². The highest BCUT2D eigenvalue weighted by molar-refractivity contribution is 7.09. The second kappa shape index (κ2) is 4.97. The number of fused-ring (bicyclic) bond motifs is 1. The predicted molar refractivity (Wildman–Crippen MR) is 73.8 cm³/mol. The summed E-state index contributed by atoms with van der Waals surface area (Å²) in [6, 6.07) is 7.79. The Morgan fingerprint density at radius 3 is 3.00 bits per heavy atom. The molecule has 0 spiro atoms. The SMILES string of the molecule is Nc1snnc1CN1CCCc2ccccc2C1=O. The summed E-state index contributed by atoms with van der Waals surface area (Å²) in [5.74, 6) is 0.0560. The first kappa shape index (κ1) is 12.1. The lowest BCUT2D eigenvalue weighted by Crippen LogP contribution is -2.30. The van der Waals surface area contributed by atoms with Crippen molar-refractivity contribution in [1.82, 2.24) is 14.5 Å². The molecule has 1 aromatic heterocycles. The molecule has 5 nitrogen and oxygen atoms in total. The van der Waals surface area contributed by atoms with Crippen LogP contribution in [0.5, 0.6) is 0 Å². The molecule has 0 saturated carbocycles. The quantitative estimate of drug-likeness (QED) is 0.905. The monoisotopic (exact) mass is 274 g/mol. The van der Waals surface area contributed by atoms with Gasteiger partial charge in [0.2, 0.25) is 0 Å². The zero-order chi connectivity index (χ0) is 13.2. The minimum Gasteiger partial charge on any atom is -0.388 e. The van der Waals surface area contributed by atoms with Gasteiger partial charge in [0.25, 0.3) is 5.91 Å². The number of carbonyl (C=O) groups is 1. The van der Waals surface area contributed by atoms with Crippen molar-refractivity contribution in [3.05, 3.63) is 41.1 Å². The van der Waals surface area contributed by atoms with Crippen LogP contribution < -0.4 is 5.73 Å². The smallest absolute Gasteiger partial charge is 0.254 e. The van der Waals surface area contributed by atoms with Crippen LogP contribution in [0.2, 0.25) is 0 Å². The van der Waals surface area contributed by atoms with Crippen molar-refractivity contribution in [1.29, 1.82) is 0 Å².